The van der Waals surface area contributed by atoms with Crippen LogP contribution >= 0.6 is 0 Å². The Balaban J connectivity index is 1.71. The minimum absolute atomic E-state index is 0.0450. The van der Waals surface area contributed by atoms with E-state index >= 15 is 0 Å². The number of rotatable bonds is 1. The Morgan fingerprint density at radius 2 is 1.07 bits per heavy atom. The van der Waals surface area contributed by atoms with Crippen LogP contribution in [0.1, 0.15) is 22.6 Å². The highest BCUT2D eigenvalue weighted by Gasteiger charge is 2.31. The van der Waals surface area contributed by atoms with Crippen molar-refractivity contribution in [2.45, 2.75) is 5.92 Å². The van der Waals surface area contributed by atoms with E-state index in [0.29, 0.717) is 0 Å². The molecule has 29 heavy (non-hydrogen) atoms. The second-order valence-electron chi connectivity index (χ2n) is 7.54. The number of aromatic hydroxyl groups is 1. The Bertz CT molecular complexity index is 1300. The van der Waals surface area contributed by atoms with E-state index in [0.717, 1.165) is 39.0 Å². The number of hydrogen-bond donors (Lipinski definition) is 1. The van der Waals surface area contributed by atoms with Crippen molar-refractivity contribution in [3.05, 3.63) is 114 Å². The third-order valence-electron chi connectivity index (χ3n) is 5.87. The van der Waals surface area contributed by atoms with Gasteiger partial charge in [-0.05, 0) is 28.5 Å². The average molecular weight is 374 g/mol. The van der Waals surface area contributed by atoms with Gasteiger partial charge in [-0.15, -0.1) is 0 Å². The van der Waals surface area contributed by atoms with Gasteiger partial charge >= 0.3 is 0 Å². The maximum atomic E-state index is 9.80. The molecule has 0 aromatic heterocycles. The molecular formula is C27H18O2. The van der Waals surface area contributed by atoms with Gasteiger partial charge in [-0.25, -0.2) is 0 Å². The fraction of sp³-hybridized carbons (Fsp3) is 0.0370. The van der Waals surface area contributed by atoms with Crippen molar-refractivity contribution in [3.63, 3.8) is 0 Å². The van der Waals surface area contributed by atoms with E-state index in [2.05, 4.69) is 72.8 Å². The predicted molar refractivity (Wildman–Crippen MR) is 117 cm³/mol. The summed E-state index contributed by atoms with van der Waals surface area (Å²) >= 11 is 0. The summed E-state index contributed by atoms with van der Waals surface area (Å²) in [5.41, 5.74) is 3.44. The lowest BCUT2D eigenvalue weighted by Gasteiger charge is -2.30. The van der Waals surface area contributed by atoms with Gasteiger partial charge in [-0.3, -0.25) is 0 Å². The molecule has 0 saturated heterocycles. The summed E-state index contributed by atoms with van der Waals surface area (Å²) in [4.78, 5) is 0. The first-order valence-electron chi connectivity index (χ1n) is 9.80. The highest BCUT2D eigenvalue weighted by Crippen LogP contribution is 2.52. The molecule has 0 unspecified atom stereocenters. The van der Waals surface area contributed by atoms with E-state index in [1.54, 1.807) is 12.1 Å². The molecule has 1 heterocycles. The van der Waals surface area contributed by atoms with Gasteiger partial charge in [0.25, 0.3) is 0 Å². The fourth-order valence-corrected chi connectivity index (χ4v) is 4.50. The maximum absolute atomic E-state index is 9.80. The molecule has 1 aliphatic rings. The Hall–Kier alpha value is -3.78. The average Bonchev–Trinajstić information content (AvgIpc) is 2.78. The molecule has 0 amide bonds. The Morgan fingerprint density at radius 3 is 1.62 bits per heavy atom. The molecule has 0 atom stereocenters. The first-order chi connectivity index (χ1) is 14.3. The fourth-order valence-electron chi connectivity index (χ4n) is 4.50. The van der Waals surface area contributed by atoms with E-state index in [1.165, 1.54) is 10.8 Å². The molecule has 0 bridgehead atoms. The first kappa shape index (κ1) is 16.2. The van der Waals surface area contributed by atoms with E-state index in [1.807, 2.05) is 12.1 Å². The van der Waals surface area contributed by atoms with E-state index in [-0.39, 0.29) is 11.7 Å². The summed E-state index contributed by atoms with van der Waals surface area (Å²) in [6, 6.07) is 32.9. The molecular weight excluding hydrogens is 356 g/mol. The zero-order valence-corrected chi connectivity index (χ0v) is 15.7. The van der Waals surface area contributed by atoms with Gasteiger partial charge in [-0.1, -0.05) is 84.9 Å². The number of ether oxygens (including phenoxy) is 1. The number of phenols is 1. The van der Waals surface area contributed by atoms with E-state index in [4.69, 9.17) is 4.74 Å². The zero-order chi connectivity index (χ0) is 19.4. The number of phenolic OH excluding ortho intramolecular Hbond substituents is 1. The molecule has 1 N–H and O–H groups in total. The topological polar surface area (TPSA) is 29.5 Å². The lowest BCUT2D eigenvalue weighted by atomic mass is 9.80. The Morgan fingerprint density at radius 1 is 0.552 bits per heavy atom. The van der Waals surface area contributed by atoms with E-state index in [9.17, 15) is 5.11 Å². The normalized spacial score (nSPS) is 13.1. The van der Waals surface area contributed by atoms with Crippen LogP contribution < -0.4 is 4.74 Å². The molecule has 5 aromatic rings. The van der Waals surface area contributed by atoms with Crippen LogP contribution in [0.4, 0.5) is 0 Å². The standard InChI is InChI=1S/C27H18O2/c28-20-13-9-19(10-14-20)25-23-15-11-17-5-1-3-7-21(17)26(23)29-27-22-8-4-2-6-18(22)12-16-24(25)27/h1-16,25,28H. The van der Waals surface area contributed by atoms with Gasteiger partial charge in [0.1, 0.15) is 17.2 Å². The Labute approximate surface area is 168 Å². The molecule has 0 saturated carbocycles. The molecule has 6 rings (SSSR count). The molecule has 2 nitrogen and oxygen atoms in total. The molecule has 0 radical (unpaired) electrons. The summed E-state index contributed by atoms with van der Waals surface area (Å²) < 4.78 is 6.63. The van der Waals surface area contributed by atoms with Gasteiger partial charge in [0, 0.05) is 27.8 Å². The van der Waals surface area contributed by atoms with Gasteiger partial charge in [0.2, 0.25) is 0 Å². The molecule has 138 valence electrons. The smallest absolute Gasteiger partial charge is 0.139 e. The minimum Gasteiger partial charge on any atom is -0.508 e. The molecule has 0 fully saturated rings. The van der Waals surface area contributed by atoms with Crippen LogP contribution in [0.15, 0.2) is 97.1 Å². The SMILES string of the molecule is Oc1ccc(C2c3ccc4ccccc4c3Oc3c2ccc2ccccc32)cc1. The molecule has 5 aromatic carbocycles. The lowest BCUT2D eigenvalue weighted by molar-refractivity contribution is 0.463. The molecule has 2 heteroatoms. The minimum atomic E-state index is 0.0450. The Kier molecular flexibility index (Phi) is 3.41. The van der Waals surface area contributed by atoms with Gasteiger partial charge < -0.3 is 9.84 Å². The summed E-state index contributed by atoms with van der Waals surface area (Å²) in [6.45, 7) is 0. The van der Waals surface area contributed by atoms with Crippen molar-refractivity contribution >= 4 is 21.5 Å². The second kappa shape index (κ2) is 6.11. The van der Waals surface area contributed by atoms with Crippen LogP contribution in [-0.4, -0.2) is 5.11 Å². The van der Waals surface area contributed by atoms with Gasteiger partial charge in [-0.2, -0.15) is 0 Å². The monoisotopic (exact) mass is 374 g/mol. The highest BCUT2D eigenvalue weighted by molar-refractivity contribution is 5.95. The third-order valence-corrected chi connectivity index (χ3v) is 5.87. The third kappa shape index (κ3) is 2.43. The summed E-state index contributed by atoms with van der Waals surface area (Å²) in [5, 5.41) is 14.4. The van der Waals surface area contributed by atoms with Gasteiger partial charge in [0.15, 0.2) is 0 Å². The van der Waals surface area contributed by atoms with Crippen LogP contribution in [0.3, 0.4) is 0 Å². The van der Waals surface area contributed by atoms with Crippen molar-refractivity contribution in [2.24, 2.45) is 0 Å². The van der Waals surface area contributed by atoms with Gasteiger partial charge in [0.05, 0.1) is 0 Å². The number of hydrogen-bond acceptors (Lipinski definition) is 2. The summed E-state index contributed by atoms with van der Waals surface area (Å²) in [6.07, 6.45) is 0. The lowest BCUT2D eigenvalue weighted by Crippen LogP contribution is -2.12. The van der Waals surface area contributed by atoms with Crippen LogP contribution in [0.5, 0.6) is 17.2 Å². The maximum Gasteiger partial charge on any atom is 0.139 e. The summed E-state index contributed by atoms with van der Waals surface area (Å²) in [7, 11) is 0. The first-order valence-corrected chi connectivity index (χ1v) is 9.80. The largest absolute Gasteiger partial charge is 0.508 e. The van der Waals surface area contributed by atoms with Crippen LogP contribution in [0.2, 0.25) is 0 Å². The van der Waals surface area contributed by atoms with Crippen molar-refractivity contribution in [1.82, 2.24) is 0 Å². The predicted octanol–water partition coefficient (Wildman–Crippen LogP) is 6.98. The van der Waals surface area contributed by atoms with Crippen LogP contribution in [0, 0.1) is 0 Å². The second-order valence-corrected chi connectivity index (χ2v) is 7.54. The number of fused-ring (bicyclic) bond motifs is 6. The molecule has 1 aliphatic heterocycles. The van der Waals surface area contributed by atoms with Crippen LogP contribution in [0.25, 0.3) is 21.5 Å². The number of benzene rings is 5. The highest BCUT2D eigenvalue weighted by atomic mass is 16.5. The molecule has 0 aliphatic carbocycles. The van der Waals surface area contributed by atoms with Crippen molar-refractivity contribution in [3.8, 4) is 17.2 Å². The quantitative estimate of drug-likeness (QED) is 0.336. The van der Waals surface area contributed by atoms with Crippen molar-refractivity contribution in [1.29, 1.82) is 0 Å². The summed E-state index contributed by atoms with van der Waals surface area (Å²) in [5.74, 6) is 2.16. The van der Waals surface area contributed by atoms with Crippen LogP contribution in [-0.2, 0) is 0 Å². The van der Waals surface area contributed by atoms with E-state index < -0.39 is 0 Å². The molecule has 0 spiro atoms. The zero-order valence-electron chi connectivity index (χ0n) is 15.7. The van der Waals surface area contributed by atoms with Crippen molar-refractivity contribution in [2.75, 3.05) is 0 Å². The van der Waals surface area contributed by atoms with Crippen molar-refractivity contribution < 1.29 is 9.84 Å².